The van der Waals surface area contributed by atoms with Gasteiger partial charge in [-0.25, -0.2) is 0 Å². The third-order valence-corrected chi connectivity index (χ3v) is 6.84. The molecule has 0 aliphatic rings. The summed E-state index contributed by atoms with van der Waals surface area (Å²) >= 11 is 0. The van der Waals surface area contributed by atoms with Crippen molar-refractivity contribution < 1.29 is 5.11 Å². The van der Waals surface area contributed by atoms with E-state index in [4.69, 9.17) is 0 Å². The monoisotopic (exact) mass is 436 g/mol. The Balaban J connectivity index is 3.08. The fraction of sp³-hybridized carbons (Fsp3) is 0.933. The van der Waals surface area contributed by atoms with Crippen molar-refractivity contribution in [3.8, 4) is 0 Å². The minimum absolute atomic E-state index is 0.0333. The Kier molecular flexibility index (Phi) is 27.5. The van der Waals surface area contributed by atoms with Gasteiger partial charge in [0.1, 0.15) is 0 Å². The standard InChI is InChI=1S/C30H60O/c1-3-5-7-9-10-11-12-13-14-15-16-17-18-19-20-21-22-23-25-27-29-30(31)28-26-24-8-6-4-2/h3,30-31H,1,4-29H2,2H3. The Bertz CT molecular complexity index is 324. The minimum Gasteiger partial charge on any atom is -0.393 e. The van der Waals surface area contributed by atoms with E-state index in [0.29, 0.717) is 0 Å². The molecule has 0 saturated heterocycles. The molecule has 31 heavy (non-hydrogen) atoms. The predicted molar refractivity (Wildman–Crippen MR) is 142 cm³/mol. The summed E-state index contributed by atoms with van der Waals surface area (Å²) in [6.07, 6.45) is 37.2. The molecule has 1 nitrogen and oxygen atoms in total. The highest BCUT2D eigenvalue weighted by molar-refractivity contribution is 4.65. The van der Waals surface area contributed by atoms with E-state index in [2.05, 4.69) is 13.5 Å². The molecule has 0 amide bonds. The maximum Gasteiger partial charge on any atom is 0.0540 e. The number of hydrogen-bond donors (Lipinski definition) is 1. The van der Waals surface area contributed by atoms with Gasteiger partial charge < -0.3 is 5.11 Å². The lowest BCUT2D eigenvalue weighted by atomic mass is 10.0. The van der Waals surface area contributed by atoms with Gasteiger partial charge in [-0.3, -0.25) is 0 Å². The van der Waals surface area contributed by atoms with Gasteiger partial charge in [-0.2, -0.15) is 0 Å². The smallest absolute Gasteiger partial charge is 0.0540 e. The first-order valence-electron chi connectivity index (χ1n) is 14.6. The van der Waals surface area contributed by atoms with Crippen LogP contribution in [0.5, 0.6) is 0 Å². The van der Waals surface area contributed by atoms with Crippen molar-refractivity contribution in [2.24, 2.45) is 0 Å². The van der Waals surface area contributed by atoms with Gasteiger partial charge in [-0.1, -0.05) is 154 Å². The van der Waals surface area contributed by atoms with E-state index < -0.39 is 0 Å². The first kappa shape index (κ1) is 30.7. The van der Waals surface area contributed by atoms with Crippen molar-refractivity contribution >= 4 is 0 Å². The average molecular weight is 437 g/mol. The third kappa shape index (κ3) is 27.7. The van der Waals surface area contributed by atoms with Crippen molar-refractivity contribution in [1.29, 1.82) is 0 Å². The van der Waals surface area contributed by atoms with Crippen LogP contribution in [0.25, 0.3) is 0 Å². The van der Waals surface area contributed by atoms with Crippen LogP contribution in [-0.2, 0) is 0 Å². The second-order valence-corrected chi connectivity index (χ2v) is 10.1. The molecule has 0 spiro atoms. The molecule has 0 aromatic heterocycles. The number of hydrogen-bond acceptors (Lipinski definition) is 1. The molecule has 0 aliphatic carbocycles. The highest BCUT2D eigenvalue weighted by atomic mass is 16.3. The first-order valence-corrected chi connectivity index (χ1v) is 14.6. The predicted octanol–water partition coefficient (Wildman–Crippen LogP) is 10.7. The lowest BCUT2D eigenvalue weighted by Crippen LogP contribution is -2.05. The van der Waals surface area contributed by atoms with Gasteiger partial charge in [0.05, 0.1) is 6.10 Å². The molecule has 0 aromatic carbocycles. The number of rotatable bonds is 27. The average Bonchev–Trinajstić information content (AvgIpc) is 2.77. The molecule has 186 valence electrons. The topological polar surface area (TPSA) is 20.2 Å². The van der Waals surface area contributed by atoms with Crippen molar-refractivity contribution in [2.75, 3.05) is 0 Å². The van der Waals surface area contributed by atoms with Crippen molar-refractivity contribution in [3.63, 3.8) is 0 Å². The molecule has 0 rings (SSSR count). The lowest BCUT2D eigenvalue weighted by Gasteiger charge is -2.10. The van der Waals surface area contributed by atoms with Crippen LogP contribution in [0.1, 0.15) is 174 Å². The molecule has 0 aliphatic heterocycles. The minimum atomic E-state index is -0.0333. The Morgan fingerprint density at radius 1 is 0.484 bits per heavy atom. The van der Waals surface area contributed by atoms with Crippen LogP contribution in [0.4, 0.5) is 0 Å². The van der Waals surface area contributed by atoms with E-state index in [1.54, 1.807) is 0 Å². The zero-order valence-electron chi connectivity index (χ0n) is 21.7. The van der Waals surface area contributed by atoms with E-state index in [1.165, 1.54) is 154 Å². The maximum atomic E-state index is 10.1. The van der Waals surface area contributed by atoms with Gasteiger partial charge in [0, 0.05) is 0 Å². The summed E-state index contributed by atoms with van der Waals surface area (Å²) in [7, 11) is 0. The molecule has 0 saturated carbocycles. The number of allylic oxidation sites excluding steroid dienone is 1. The summed E-state index contributed by atoms with van der Waals surface area (Å²) in [6, 6.07) is 0. The molecule has 0 aromatic rings. The summed E-state index contributed by atoms with van der Waals surface area (Å²) in [5.74, 6) is 0. The van der Waals surface area contributed by atoms with Crippen LogP contribution >= 0.6 is 0 Å². The summed E-state index contributed by atoms with van der Waals surface area (Å²) in [5.41, 5.74) is 0. The van der Waals surface area contributed by atoms with Crippen LogP contribution in [0, 0.1) is 0 Å². The molecule has 0 bridgehead atoms. The molecule has 1 N–H and O–H groups in total. The fourth-order valence-corrected chi connectivity index (χ4v) is 4.62. The lowest BCUT2D eigenvalue weighted by molar-refractivity contribution is 0.147. The van der Waals surface area contributed by atoms with Crippen LogP contribution < -0.4 is 0 Å². The summed E-state index contributed by atoms with van der Waals surface area (Å²) < 4.78 is 0. The van der Waals surface area contributed by atoms with Crippen LogP contribution in [0.3, 0.4) is 0 Å². The fourth-order valence-electron chi connectivity index (χ4n) is 4.62. The largest absolute Gasteiger partial charge is 0.393 e. The van der Waals surface area contributed by atoms with Crippen molar-refractivity contribution in [1.82, 2.24) is 0 Å². The van der Waals surface area contributed by atoms with Crippen molar-refractivity contribution in [2.45, 2.75) is 180 Å². The van der Waals surface area contributed by atoms with Crippen LogP contribution in [0.15, 0.2) is 12.7 Å². The van der Waals surface area contributed by atoms with Crippen molar-refractivity contribution in [3.05, 3.63) is 12.7 Å². The van der Waals surface area contributed by atoms with E-state index in [1.807, 2.05) is 6.08 Å². The van der Waals surface area contributed by atoms with Crippen LogP contribution in [0.2, 0.25) is 0 Å². The second kappa shape index (κ2) is 27.7. The molecular formula is C30H60O. The van der Waals surface area contributed by atoms with Gasteiger partial charge in [-0.15, -0.1) is 6.58 Å². The Labute approximate surface area is 197 Å². The highest BCUT2D eigenvalue weighted by Crippen LogP contribution is 2.16. The third-order valence-electron chi connectivity index (χ3n) is 6.84. The molecule has 0 heterocycles. The zero-order valence-corrected chi connectivity index (χ0v) is 21.7. The molecule has 0 radical (unpaired) electrons. The molecule has 1 unspecified atom stereocenters. The first-order chi connectivity index (χ1) is 15.3. The van der Waals surface area contributed by atoms with E-state index in [-0.39, 0.29) is 6.10 Å². The normalized spacial score (nSPS) is 12.3. The Morgan fingerprint density at radius 2 is 0.774 bits per heavy atom. The maximum absolute atomic E-state index is 10.1. The molecule has 0 fully saturated rings. The summed E-state index contributed by atoms with van der Waals surface area (Å²) in [5, 5.41) is 10.1. The van der Waals surface area contributed by atoms with Gasteiger partial charge in [0.2, 0.25) is 0 Å². The zero-order chi connectivity index (χ0) is 22.7. The summed E-state index contributed by atoms with van der Waals surface area (Å²) in [4.78, 5) is 0. The van der Waals surface area contributed by atoms with Crippen LogP contribution in [-0.4, -0.2) is 11.2 Å². The molecule has 1 heteroatoms. The van der Waals surface area contributed by atoms with E-state index >= 15 is 0 Å². The van der Waals surface area contributed by atoms with Gasteiger partial charge in [-0.05, 0) is 25.7 Å². The van der Waals surface area contributed by atoms with E-state index in [0.717, 1.165) is 12.8 Å². The number of aliphatic hydroxyl groups excluding tert-OH is 1. The molecular weight excluding hydrogens is 376 g/mol. The van der Waals surface area contributed by atoms with Gasteiger partial charge in [0.15, 0.2) is 0 Å². The second-order valence-electron chi connectivity index (χ2n) is 10.1. The van der Waals surface area contributed by atoms with Gasteiger partial charge >= 0.3 is 0 Å². The SMILES string of the molecule is C=CCCCCCCCCCCCCCCCCCCCCC(O)CCCCCCC. The van der Waals surface area contributed by atoms with Gasteiger partial charge in [0.25, 0.3) is 0 Å². The summed E-state index contributed by atoms with van der Waals surface area (Å²) in [6.45, 7) is 6.04. The Hall–Kier alpha value is -0.300. The highest BCUT2D eigenvalue weighted by Gasteiger charge is 2.03. The number of aliphatic hydroxyl groups is 1. The molecule has 1 atom stereocenters. The number of unbranched alkanes of at least 4 members (excludes halogenated alkanes) is 22. The Morgan fingerprint density at radius 3 is 1.10 bits per heavy atom. The quantitative estimate of drug-likeness (QED) is 0.100. The van der Waals surface area contributed by atoms with E-state index in [9.17, 15) is 5.11 Å².